The van der Waals surface area contributed by atoms with Gasteiger partial charge in [0.25, 0.3) is 11.8 Å². The Balaban J connectivity index is 0.00000107. The summed E-state index contributed by atoms with van der Waals surface area (Å²) < 4.78 is 29.1. The summed E-state index contributed by atoms with van der Waals surface area (Å²) in [6, 6.07) is 14.6. The van der Waals surface area contributed by atoms with Gasteiger partial charge in [0.1, 0.15) is 24.7 Å². The number of carboxylic acid groups (broad SMARTS) is 1. The van der Waals surface area contributed by atoms with Crippen LogP contribution in [0.3, 0.4) is 0 Å². The minimum Gasteiger partial charge on any atom is -0.507 e. The van der Waals surface area contributed by atoms with E-state index in [1.807, 2.05) is 6.07 Å². The number of carboxylic acids is 1. The Bertz CT molecular complexity index is 1860. The van der Waals surface area contributed by atoms with Crippen molar-refractivity contribution in [3.05, 3.63) is 71.3 Å². The maximum atomic E-state index is 13.8. The van der Waals surface area contributed by atoms with Crippen LogP contribution in [0, 0.1) is 0 Å². The first-order valence-corrected chi connectivity index (χ1v) is 16.1. The summed E-state index contributed by atoms with van der Waals surface area (Å²) in [6.07, 6.45) is 3.02. The quantitative estimate of drug-likeness (QED) is 0.0833. The minimum absolute atomic E-state index is 0.0813. The molecule has 1 atom stereocenters. The van der Waals surface area contributed by atoms with Gasteiger partial charge in [0, 0.05) is 12.5 Å². The number of aromatic nitrogens is 1. The number of carbonyl (C=O) groups excluding carboxylic acids is 2. The Morgan fingerprint density at radius 1 is 0.958 bits per heavy atom. The molecule has 252 valence electrons. The average Bonchev–Trinajstić information content (AvgIpc) is 3.62. The number of anilines is 1. The first-order chi connectivity index (χ1) is 23.2. The van der Waals surface area contributed by atoms with E-state index in [1.165, 1.54) is 23.3 Å². The molecule has 1 saturated heterocycles. The topological polar surface area (TPSA) is 154 Å². The number of carbonyl (C=O) groups is 3. The highest BCUT2D eigenvalue weighted by Gasteiger charge is 2.48. The number of thiazole rings is 1. The molecule has 2 aliphatic heterocycles. The highest BCUT2D eigenvalue weighted by molar-refractivity contribution is 7.22. The summed E-state index contributed by atoms with van der Waals surface area (Å²) in [7, 11) is 3.11. The molecule has 13 heteroatoms. The van der Waals surface area contributed by atoms with Crippen molar-refractivity contribution in [2.75, 3.05) is 38.9 Å². The highest BCUT2D eigenvalue weighted by atomic mass is 32.1. The molecule has 1 fully saturated rings. The normalized spacial score (nSPS) is 16.3. The number of nitrogens with zero attached hydrogens (tertiary/aromatic N) is 2. The van der Waals surface area contributed by atoms with Crippen molar-refractivity contribution in [2.24, 2.45) is 0 Å². The Hall–Kier alpha value is -5.30. The maximum Gasteiger partial charge on any atom is 0.301 e. The van der Waals surface area contributed by atoms with Gasteiger partial charge in [-0.05, 0) is 60.5 Å². The van der Waals surface area contributed by atoms with Crippen LogP contribution < -0.4 is 28.6 Å². The molecule has 4 aromatic rings. The monoisotopic (exact) mass is 676 g/mol. The van der Waals surface area contributed by atoms with Crippen molar-refractivity contribution < 1.29 is 48.3 Å². The van der Waals surface area contributed by atoms with Gasteiger partial charge in [-0.1, -0.05) is 37.2 Å². The summed E-state index contributed by atoms with van der Waals surface area (Å²) in [4.78, 5) is 42.5. The fourth-order valence-electron chi connectivity index (χ4n) is 5.32. The number of aliphatic hydroxyl groups excluding tert-OH is 1. The molecule has 0 radical (unpaired) electrons. The SMILES string of the molecule is CC(=O)O.CCCCCOc1ccc(C2/C(=C(\O)c3ccc4c(c3)OCCO4)C(=O)C(=O)N2c2nc3ccc(OC)cc3s2)cc1OC. The first kappa shape index (κ1) is 34.0. The first-order valence-electron chi connectivity index (χ1n) is 15.3. The molecule has 0 saturated carbocycles. The molecule has 12 nitrogen and oxygen atoms in total. The molecule has 0 aliphatic carbocycles. The lowest BCUT2D eigenvalue weighted by Gasteiger charge is -2.24. The van der Waals surface area contributed by atoms with Crippen molar-refractivity contribution in [3.8, 4) is 28.7 Å². The van der Waals surface area contributed by atoms with Crippen LogP contribution in [0.5, 0.6) is 28.7 Å². The highest BCUT2D eigenvalue weighted by Crippen LogP contribution is 2.46. The number of rotatable bonds is 10. The molecule has 3 aromatic carbocycles. The van der Waals surface area contributed by atoms with Gasteiger partial charge >= 0.3 is 5.91 Å². The molecule has 6 rings (SSSR count). The molecule has 3 heterocycles. The number of fused-ring (bicyclic) bond motifs is 2. The second-order valence-electron chi connectivity index (χ2n) is 10.8. The van der Waals surface area contributed by atoms with Crippen LogP contribution in [-0.2, 0) is 14.4 Å². The number of benzene rings is 3. The van der Waals surface area contributed by atoms with Crippen molar-refractivity contribution in [1.82, 2.24) is 4.98 Å². The van der Waals surface area contributed by atoms with Gasteiger partial charge in [-0.2, -0.15) is 0 Å². The van der Waals surface area contributed by atoms with E-state index in [1.54, 1.807) is 55.6 Å². The standard InChI is InChI=1S/C33H32N2O8S.C2H4O2/c1-4-5-6-13-41-23-11-7-19(16-25(23)40-3)29-28(30(36)20-8-12-24-26(17-20)43-15-14-42-24)31(37)32(38)35(29)33-34-22-10-9-21(39-2)18-27(22)44-33;1-2(3)4/h7-12,16-18,29,36H,4-6,13-15H2,1-3H3;1H3,(H,3,4)/b30-28+;. The smallest absolute Gasteiger partial charge is 0.301 e. The molecule has 2 N–H and O–H groups in total. The Labute approximate surface area is 281 Å². The molecule has 0 spiro atoms. The third kappa shape index (κ3) is 7.15. The number of amides is 1. The fraction of sp³-hybridized carbons (Fsp3) is 0.314. The number of unbranched alkanes of at least 4 members (excludes halogenated alkanes) is 2. The zero-order valence-corrected chi connectivity index (χ0v) is 27.8. The van der Waals surface area contributed by atoms with E-state index >= 15 is 0 Å². The number of aliphatic hydroxyl groups is 1. The summed E-state index contributed by atoms with van der Waals surface area (Å²) in [5.41, 5.74) is 1.42. The number of hydrogen-bond acceptors (Lipinski definition) is 11. The van der Waals surface area contributed by atoms with Gasteiger partial charge in [0.15, 0.2) is 28.1 Å². The third-order valence-electron chi connectivity index (χ3n) is 7.56. The van der Waals surface area contributed by atoms with E-state index in [2.05, 4.69) is 6.92 Å². The van der Waals surface area contributed by atoms with E-state index in [0.29, 0.717) is 70.3 Å². The van der Waals surface area contributed by atoms with Gasteiger partial charge in [0.2, 0.25) is 0 Å². The number of Topliss-reactive ketones (excluding diaryl/α,β-unsaturated/α-hetero) is 1. The van der Waals surface area contributed by atoms with Gasteiger partial charge in [0.05, 0.1) is 42.7 Å². The largest absolute Gasteiger partial charge is 0.507 e. The molecule has 1 aromatic heterocycles. The molecule has 2 aliphatic rings. The molecular weight excluding hydrogens is 640 g/mol. The van der Waals surface area contributed by atoms with Crippen LogP contribution in [0.25, 0.3) is 16.0 Å². The predicted molar refractivity (Wildman–Crippen MR) is 180 cm³/mol. The summed E-state index contributed by atoms with van der Waals surface area (Å²) in [5.74, 6) is -0.205. The maximum absolute atomic E-state index is 13.8. The van der Waals surface area contributed by atoms with Gasteiger partial charge in [-0.3, -0.25) is 19.3 Å². The number of hydrogen-bond donors (Lipinski definition) is 2. The van der Waals surface area contributed by atoms with Crippen LogP contribution >= 0.6 is 11.3 Å². The van der Waals surface area contributed by atoms with E-state index in [4.69, 9.17) is 38.6 Å². The van der Waals surface area contributed by atoms with Gasteiger partial charge < -0.3 is 33.9 Å². The van der Waals surface area contributed by atoms with Crippen LogP contribution in [0.4, 0.5) is 5.13 Å². The molecule has 0 bridgehead atoms. The van der Waals surface area contributed by atoms with Crippen molar-refractivity contribution in [3.63, 3.8) is 0 Å². The zero-order valence-electron chi connectivity index (χ0n) is 27.0. The molecule has 48 heavy (non-hydrogen) atoms. The molecular formula is C35H36N2O10S. The van der Waals surface area contributed by atoms with E-state index < -0.39 is 23.7 Å². The van der Waals surface area contributed by atoms with Gasteiger partial charge in [-0.15, -0.1) is 0 Å². The predicted octanol–water partition coefficient (Wildman–Crippen LogP) is 6.37. The minimum atomic E-state index is -1.01. The lowest BCUT2D eigenvalue weighted by molar-refractivity contribution is -0.134. The van der Waals surface area contributed by atoms with Crippen molar-refractivity contribution >= 4 is 50.1 Å². The average molecular weight is 677 g/mol. The third-order valence-corrected chi connectivity index (χ3v) is 8.58. The van der Waals surface area contributed by atoms with Crippen LogP contribution in [0.2, 0.25) is 0 Å². The van der Waals surface area contributed by atoms with Crippen LogP contribution in [0.15, 0.2) is 60.2 Å². The second-order valence-corrected chi connectivity index (χ2v) is 11.9. The lowest BCUT2D eigenvalue weighted by atomic mass is 9.95. The Morgan fingerprint density at radius 2 is 1.71 bits per heavy atom. The van der Waals surface area contributed by atoms with Gasteiger partial charge in [-0.25, -0.2) is 4.98 Å². The Morgan fingerprint density at radius 3 is 2.42 bits per heavy atom. The summed E-state index contributed by atoms with van der Waals surface area (Å²) in [5, 5.41) is 19.4. The van der Waals surface area contributed by atoms with Crippen molar-refractivity contribution in [1.29, 1.82) is 0 Å². The summed E-state index contributed by atoms with van der Waals surface area (Å²) in [6.45, 7) is 4.51. The van der Waals surface area contributed by atoms with Crippen molar-refractivity contribution in [2.45, 2.75) is 39.2 Å². The zero-order chi connectivity index (χ0) is 34.4. The van der Waals surface area contributed by atoms with Crippen LogP contribution in [-0.4, -0.2) is 66.9 Å². The lowest BCUT2D eigenvalue weighted by Crippen LogP contribution is -2.29. The summed E-state index contributed by atoms with van der Waals surface area (Å²) >= 11 is 1.25. The fourth-order valence-corrected chi connectivity index (χ4v) is 6.34. The molecule has 1 amide bonds. The van der Waals surface area contributed by atoms with E-state index in [0.717, 1.165) is 30.9 Å². The number of ether oxygens (including phenoxy) is 5. The number of aliphatic carboxylic acids is 1. The Kier molecular flexibility index (Phi) is 10.7. The molecule has 1 unspecified atom stereocenters. The number of methoxy groups -OCH3 is 2. The number of ketones is 1. The van der Waals surface area contributed by atoms with E-state index in [9.17, 15) is 14.7 Å². The second kappa shape index (κ2) is 15.1. The van der Waals surface area contributed by atoms with E-state index in [-0.39, 0.29) is 11.3 Å². The van der Waals surface area contributed by atoms with Crippen LogP contribution in [0.1, 0.15) is 50.3 Å².